The van der Waals surface area contributed by atoms with Crippen molar-refractivity contribution in [2.24, 2.45) is 0 Å². The van der Waals surface area contributed by atoms with Crippen LogP contribution in [0.5, 0.6) is 0 Å². The highest BCUT2D eigenvalue weighted by Crippen LogP contribution is 2.20. The second-order valence-corrected chi connectivity index (χ2v) is 5.35. The number of halogens is 1. The average Bonchev–Trinajstić information content (AvgIpc) is 2.92. The SMILES string of the molecule is Cc1ccc(NC(=O)NC(C(=O)O)c2cccs2)c(F)c1. The number of anilines is 1. The monoisotopic (exact) mass is 308 g/mol. The van der Waals surface area contributed by atoms with E-state index in [-0.39, 0.29) is 5.69 Å². The van der Waals surface area contributed by atoms with Crippen LogP contribution in [0.2, 0.25) is 0 Å². The number of rotatable bonds is 4. The highest BCUT2D eigenvalue weighted by atomic mass is 32.1. The van der Waals surface area contributed by atoms with Gasteiger partial charge in [-0.05, 0) is 36.1 Å². The minimum Gasteiger partial charge on any atom is -0.479 e. The lowest BCUT2D eigenvalue weighted by Crippen LogP contribution is -2.36. The third-order valence-electron chi connectivity index (χ3n) is 2.72. The first-order valence-corrected chi connectivity index (χ1v) is 6.95. The van der Waals surface area contributed by atoms with Crippen molar-refractivity contribution in [2.45, 2.75) is 13.0 Å². The van der Waals surface area contributed by atoms with Gasteiger partial charge in [0.25, 0.3) is 0 Å². The fourth-order valence-electron chi connectivity index (χ4n) is 1.72. The Balaban J connectivity index is 2.08. The fourth-order valence-corrected chi connectivity index (χ4v) is 2.49. The number of amides is 2. The summed E-state index contributed by atoms with van der Waals surface area (Å²) in [6.45, 7) is 1.73. The van der Waals surface area contributed by atoms with Crippen molar-refractivity contribution in [3.8, 4) is 0 Å². The van der Waals surface area contributed by atoms with Gasteiger partial charge in [0.05, 0.1) is 5.69 Å². The van der Waals surface area contributed by atoms with Gasteiger partial charge in [-0.3, -0.25) is 0 Å². The van der Waals surface area contributed by atoms with Crippen molar-refractivity contribution in [1.29, 1.82) is 0 Å². The van der Waals surface area contributed by atoms with Crippen molar-refractivity contribution >= 4 is 29.0 Å². The Bertz CT molecular complexity index is 658. The quantitative estimate of drug-likeness (QED) is 0.812. The molecule has 1 unspecified atom stereocenters. The van der Waals surface area contributed by atoms with E-state index in [1.807, 2.05) is 0 Å². The zero-order valence-electron chi connectivity index (χ0n) is 11.1. The molecule has 0 aliphatic carbocycles. The molecule has 5 nitrogen and oxygen atoms in total. The summed E-state index contributed by atoms with van der Waals surface area (Å²) >= 11 is 1.22. The number of hydrogen-bond donors (Lipinski definition) is 3. The summed E-state index contributed by atoms with van der Waals surface area (Å²) in [5.74, 6) is -1.76. The van der Waals surface area contributed by atoms with Crippen LogP contribution >= 0.6 is 11.3 Å². The fraction of sp³-hybridized carbons (Fsp3) is 0.143. The molecular formula is C14H13FN2O3S. The van der Waals surface area contributed by atoms with Crippen molar-refractivity contribution < 1.29 is 19.1 Å². The number of benzene rings is 1. The third kappa shape index (κ3) is 3.79. The molecule has 0 aliphatic rings. The Morgan fingerprint density at radius 3 is 2.67 bits per heavy atom. The molecule has 110 valence electrons. The molecule has 0 aliphatic heterocycles. The highest BCUT2D eigenvalue weighted by molar-refractivity contribution is 7.10. The van der Waals surface area contributed by atoms with Crippen molar-refractivity contribution in [3.63, 3.8) is 0 Å². The maximum Gasteiger partial charge on any atom is 0.331 e. The molecule has 0 bridgehead atoms. The van der Waals surface area contributed by atoms with E-state index in [1.54, 1.807) is 30.5 Å². The van der Waals surface area contributed by atoms with Crippen LogP contribution in [-0.2, 0) is 4.79 Å². The van der Waals surface area contributed by atoms with Crippen LogP contribution in [0.25, 0.3) is 0 Å². The van der Waals surface area contributed by atoms with E-state index in [1.165, 1.54) is 23.5 Å². The summed E-state index contributed by atoms with van der Waals surface area (Å²) in [7, 11) is 0. The lowest BCUT2D eigenvalue weighted by Gasteiger charge is -2.14. The molecule has 0 saturated heterocycles. The average molecular weight is 308 g/mol. The summed E-state index contributed by atoms with van der Waals surface area (Å²) in [6.07, 6.45) is 0. The minimum atomic E-state index is -1.18. The summed E-state index contributed by atoms with van der Waals surface area (Å²) in [6, 6.07) is 5.70. The van der Waals surface area contributed by atoms with Crippen LogP contribution in [0.3, 0.4) is 0 Å². The van der Waals surface area contributed by atoms with Crippen LogP contribution < -0.4 is 10.6 Å². The molecule has 1 aromatic heterocycles. The van der Waals surface area contributed by atoms with Crippen molar-refractivity contribution in [1.82, 2.24) is 5.32 Å². The van der Waals surface area contributed by atoms with Crippen molar-refractivity contribution in [2.75, 3.05) is 5.32 Å². The highest BCUT2D eigenvalue weighted by Gasteiger charge is 2.23. The zero-order valence-corrected chi connectivity index (χ0v) is 11.9. The first-order chi connectivity index (χ1) is 9.97. The maximum atomic E-state index is 13.6. The molecule has 1 aromatic carbocycles. The molecule has 3 N–H and O–H groups in total. The van der Waals surface area contributed by atoms with E-state index in [2.05, 4.69) is 10.6 Å². The number of urea groups is 1. The number of carbonyl (C=O) groups excluding carboxylic acids is 1. The Kier molecular flexibility index (Phi) is 4.54. The number of aliphatic carboxylic acids is 1. The molecule has 0 fully saturated rings. The summed E-state index contributed by atoms with van der Waals surface area (Å²) in [5.41, 5.74) is 0.717. The van der Waals surface area contributed by atoms with Crippen molar-refractivity contribution in [3.05, 3.63) is 52.0 Å². The van der Waals surface area contributed by atoms with E-state index in [9.17, 15) is 14.0 Å². The first kappa shape index (κ1) is 15.0. The van der Waals surface area contributed by atoms with Crippen LogP contribution in [-0.4, -0.2) is 17.1 Å². The van der Waals surface area contributed by atoms with Crippen LogP contribution in [0, 0.1) is 12.7 Å². The van der Waals surface area contributed by atoms with Gasteiger partial charge in [0.2, 0.25) is 0 Å². The van der Waals surface area contributed by atoms with E-state index in [0.717, 1.165) is 5.56 Å². The zero-order chi connectivity index (χ0) is 15.4. The predicted molar refractivity (Wildman–Crippen MR) is 78.0 cm³/mol. The first-order valence-electron chi connectivity index (χ1n) is 6.07. The Morgan fingerprint density at radius 2 is 2.10 bits per heavy atom. The number of carboxylic acid groups (broad SMARTS) is 1. The van der Waals surface area contributed by atoms with Crippen LogP contribution in [0.15, 0.2) is 35.7 Å². The van der Waals surface area contributed by atoms with Gasteiger partial charge in [-0.15, -0.1) is 11.3 Å². The van der Waals surface area contributed by atoms with E-state index in [4.69, 9.17) is 5.11 Å². The van der Waals surface area contributed by atoms with Gasteiger partial charge < -0.3 is 15.7 Å². The summed E-state index contributed by atoms with van der Waals surface area (Å²) < 4.78 is 13.6. The molecule has 0 radical (unpaired) electrons. The van der Waals surface area contributed by atoms with Gasteiger partial charge in [0.15, 0.2) is 6.04 Å². The molecule has 21 heavy (non-hydrogen) atoms. The van der Waals surface area contributed by atoms with Crippen LogP contribution in [0.4, 0.5) is 14.9 Å². The van der Waals surface area contributed by atoms with Crippen LogP contribution in [0.1, 0.15) is 16.5 Å². The summed E-state index contributed by atoms with van der Waals surface area (Å²) in [4.78, 5) is 23.5. The molecule has 0 saturated carbocycles. The maximum absolute atomic E-state index is 13.6. The van der Waals surface area contributed by atoms with Gasteiger partial charge in [0, 0.05) is 4.88 Å². The standard InChI is InChI=1S/C14H13FN2O3S/c1-8-4-5-10(9(15)7-8)16-14(20)17-12(13(18)19)11-3-2-6-21-11/h2-7,12H,1H3,(H,18,19)(H2,16,17,20). The van der Waals surface area contributed by atoms with Gasteiger partial charge in [-0.2, -0.15) is 0 Å². The predicted octanol–water partition coefficient (Wildman–Crippen LogP) is 3.14. The largest absolute Gasteiger partial charge is 0.479 e. The summed E-state index contributed by atoms with van der Waals surface area (Å²) in [5, 5.41) is 15.5. The minimum absolute atomic E-state index is 0.00609. The third-order valence-corrected chi connectivity index (χ3v) is 3.66. The second-order valence-electron chi connectivity index (χ2n) is 4.37. The number of carboxylic acids is 1. The van der Waals surface area contributed by atoms with E-state index in [0.29, 0.717) is 4.88 Å². The number of aryl methyl sites for hydroxylation is 1. The Morgan fingerprint density at radius 1 is 1.33 bits per heavy atom. The molecule has 2 amide bonds. The molecule has 2 rings (SSSR count). The Labute approximate surface area is 124 Å². The lowest BCUT2D eigenvalue weighted by molar-refractivity contribution is -0.139. The molecule has 1 heterocycles. The van der Waals surface area contributed by atoms with Gasteiger partial charge in [0.1, 0.15) is 5.82 Å². The molecule has 1 atom stereocenters. The molecule has 0 spiro atoms. The second kappa shape index (κ2) is 6.36. The topological polar surface area (TPSA) is 78.4 Å². The molecule has 2 aromatic rings. The Hall–Kier alpha value is -2.41. The lowest BCUT2D eigenvalue weighted by atomic mass is 10.2. The number of thiophene rings is 1. The molecule has 7 heteroatoms. The normalized spacial score (nSPS) is 11.7. The number of hydrogen-bond acceptors (Lipinski definition) is 3. The number of carbonyl (C=O) groups is 2. The number of nitrogens with one attached hydrogen (secondary N) is 2. The van der Waals surface area contributed by atoms with E-state index >= 15 is 0 Å². The molecular weight excluding hydrogens is 295 g/mol. The van der Waals surface area contributed by atoms with Gasteiger partial charge in [-0.25, -0.2) is 14.0 Å². The smallest absolute Gasteiger partial charge is 0.331 e. The van der Waals surface area contributed by atoms with Gasteiger partial charge in [-0.1, -0.05) is 12.1 Å². The van der Waals surface area contributed by atoms with E-state index < -0.39 is 23.9 Å². The van der Waals surface area contributed by atoms with Gasteiger partial charge >= 0.3 is 12.0 Å².